The number of ether oxygens (including phenoxy) is 3. The summed E-state index contributed by atoms with van der Waals surface area (Å²) < 4.78 is 20.7. The highest BCUT2D eigenvalue weighted by Crippen LogP contribution is 2.21. The summed E-state index contributed by atoms with van der Waals surface area (Å²) >= 11 is 5.22. The van der Waals surface area contributed by atoms with Crippen LogP contribution in [-0.2, 0) is 19.1 Å². The zero-order valence-electron chi connectivity index (χ0n) is 19.6. The minimum Gasteiger partial charge on any atom is -0.481 e. The normalized spacial score (nSPS) is 10.8. The minimum absolute atomic E-state index is 0.0384. The molecule has 38 heavy (non-hydrogen) atoms. The van der Waals surface area contributed by atoms with Crippen LogP contribution in [0.1, 0.15) is 16.2 Å². The monoisotopic (exact) mass is 542 g/mol. The second-order valence-electron chi connectivity index (χ2n) is 6.85. The molecule has 15 heteroatoms. The van der Waals surface area contributed by atoms with Crippen molar-refractivity contribution in [3.05, 3.63) is 66.3 Å². The molecule has 0 radical (unpaired) electrons. The number of aromatic nitrogens is 4. The number of hydrogen-bond acceptors (Lipinski definition) is 12. The van der Waals surface area contributed by atoms with E-state index in [1.165, 1.54) is 43.8 Å². The Morgan fingerprint density at radius 2 is 1.76 bits per heavy atom. The molecule has 3 heterocycles. The molecule has 196 valence electrons. The molecule has 0 aliphatic rings. The Balaban J connectivity index is 1.39. The largest absolute Gasteiger partial charge is 0.481 e. The van der Waals surface area contributed by atoms with Crippen LogP contribution < -0.4 is 20.3 Å². The van der Waals surface area contributed by atoms with Crippen LogP contribution in [0.4, 0.5) is 0 Å². The van der Waals surface area contributed by atoms with Gasteiger partial charge in [0.05, 0.1) is 7.11 Å². The fourth-order valence-corrected chi connectivity index (χ4v) is 2.61. The summed E-state index contributed by atoms with van der Waals surface area (Å²) in [7, 11) is 1.40. The lowest BCUT2D eigenvalue weighted by molar-refractivity contribution is -0.138. The second kappa shape index (κ2) is 13.8. The highest BCUT2D eigenvalue weighted by molar-refractivity contribution is 6.66. The van der Waals surface area contributed by atoms with Crippen LogP contribution in [0.3, 0.4) is 0 Å². The van der Waals surface area contributed by atoms with E-state index in [4.69, 9.17) is 30.2 Å². The molecule has 0 atom stereocenters. The van der Waals surface area contributed by atoms with Gasteiger partial charge in [-0.05, 0) is 23.7 Å². The molecule has 3 rings (SSSR count). The maximum atomic E-state index is 12.0. The Kier molecular flexibility index (Phi) is 10.0. The molecule has 0 unspecified atom stereocenters. The lowest BCUT2D eigenvalue weighted by Gasteiger charge is -2.07. The van der Waals surface area contributed by atoms with Crippen molar-refractivity contribution in [2.75, 3.05) is 20.3 Å². The van der Waals surface area contributed by atoms with E-state index < -0.39 is 23.0 Å². The highest BCUT2D eigenvalue weighted by atomic mass is 35.5. The summed E-state index contributed by atoms with van der Waals surface area (Å²) in [6.07, 6.45) is 6.94. The molecule has 0 bridgehead atoms. The van der Waals surface area contributed by atoms with Crippen LogP contribution in [-0.4, -0.2) is 63.5 Å². The van der Waals surface area contributed by atoms with Crippen molar-refractivity contribution < 1.29 is 37.8 Å². The van der Waals surface area contributed by atoms with Gasteiger partial charge in [-0.2, -0.15) is 0 Å². The van der Waals surface area contributed by atoms with E-state index in [9.17, 15) is 19.2 Å². The molecule has 0 aromatic carbocycles. The van der Waals surface area contributed by atoms with Gasteiger partial charge in [0.25, 0.3) is 11.8 Å². The van der Waals surface area contributed by atoms with Crippen molar-refractivity contribution in [2.24, 2.45) is 0 Å². The Hall–Kier alpha value is -5.11. The number of carbonyl (C=O) groups is 4. The fourth-order valence-electron chi connectivity index (χ4n) is 2.55. The molecule has 0 spiro atoms. The summed E-state index contributed by atoms with van der Waals surface area (Å²) in [5.74, 6) is -1.51. The van der Waals surface area contributed by atoms with E-state index in [0.29, 0.717) is 5.56 Å². The quantitative estimate of drug-likeness (QED) is 0.116. The van der Waals surface area contributed by atoms with E-state index >= 15 is 0 Å². The third kappa shape index (κ3) is 8.83. The summed E-state index contributed by atoms with van der Waals surface area (Å²) in [4.78, 5) is 54.3. The minimum atomic E-state index is -0.808. The lowest BCUT2D eigenvalue weighted by Crippen LogP contribution is -2.40. The summed E-state index contributed by atoms with van der Waals surface area (Å²) in [5, 5.41) is 6.94. The molecule has 2 amide bonds. The molecular formula is C23H19ClN6O8. The summed E-state index contributed by atoms with van der Waals surface area (Å²) in [5.41, 5.74) is 5.02. The second-order valence-corrected chi connectivity index (χ2v) is 7.22. The van der Waals surface area contributed by atoms with Crippen molar-refractivity contribution in [3.8, 4) is 23.2 Å². The van der Waals surface area contributed by atoms with Gasteiger partial charge in [-0.3, -0.25) is 25.2 Å². The first-order chi connectivity index (χ1) is 18.3. The van der Waals surface area contributed by atoms with E-state index in [-0.39, 0.29) is 42.3 Å². The SMILES string of the molecule is COc1cc(C(=O)NNC(=O)C=CC(=O)OCCOc2cc(-c3nnc(C=CC(=O)Cl)o3)ccn2)ccn1. The Labute approximate surface area is 219 Å². The Bertz CT molecular complexity index is 1370. The third-order valence-corrected chi connectivity index (χ3v) is 4.36. The molecular weight excluding hydrogens is 524 g/mol. The number of rotatable bonds is 11. The van der Waals surface area contributed by atoms with Crippen molar-refractivity contribution >= 4 is 40.7 Å². The molecule has 3 aromatic rings. The predicted molar refractivity (Wildman–Crippen MR) is 129 cm³/mol. The average molecular weight is 543 g/mol. The lowest BCUT2D eigenvalue weighted by atomic mass is 10.2. The molecule has 0 saturated heterocycles. The van der Waals surface area contributed by atoms with Gasteiger partial charge in [-0.1, -0.05) is 0 Å². The number of pyridine rings is 2. The van der Waals surface area contributed by atoms with Crippen LogP contribution in [0.15, 0.2) is 59.3 Å². The predicted octanol–water partition coefficient (Wildman–Crippen LogP) is 1.25. The van der Waals surface area contributed by atoms with Gasteiger partial charge in [0, 0.05) is 60.0 Å². The van der Waals surface area contributed by atoms with Gasteiger partial charge in [0.1, 0.15) is 13.2 Å². The fraction of sp³-hybridized carbons (Fsp3) is 0.130. The number of methoxy groups -OCH3 is 1. The van der Waals surface area contributed by atoms with Crippen molar-refractivity contribution in [1.82, 2.24) is 31.0 Å². The smallest absolute Gasteiger partial charge is 0.331 e. The maximum absolute atomic E-state index is 12.0. The molecule has 0 fully saturated rings. The number of esters is 1. The maximum Gasteiger partial charge on any atom is 0.331 e. The average Bonchev–Trinajstić information content (AvgIpc) is 3.41. The van der Waals surface area contributed by atoms with Crippen LogP contribution in [0.2, 0.25) is 0 Å². The van der Waals surface area contributed by atoms with Crippen molar-refractivity contribution in [1.29, 1.82) is 0 Å². The summed E-state index contributed by atoms with van der Waals surface area (Å²) in [6.45, 7) is -0.178. The van der Waals surface area contributed by atoms with Gasteiger partial charge >= 0.3 is 5.97 Å². The number of hydrazine groups is 1. The van der Waals surface area contributed by atoms with Crippen LogP contribution in [0.5, 0.6) is 11.8 Å². The van der Waals surface area contributed by atoms with E-state index in [2.05, 4.69) is 31.0 Å². The number of hydrogen-bond donors (Lipinski definition) is 2. The van der Waals surface area contributed by atoms with Gasteiger partial charge in [0.15, 0.2) is 0 Å². The van der Waals surface area contributed by atoms with Crippen molar-refractivity contribution in [3.63, 3.8) is 0 Å². The van der Waals surface area contributed by atoms with Gasteiger partial charge in [-0.15, -0.1) is 10.2 Å². The standard InChI is InChI=1S/C23H19ClN6O8/c1-35-19-12-14(6-8-25-19)22(34)29-27-17(32)3-5-21(33)37-11-10-36-20-13-15(7-9-26-20)23-30-28-18(38-23)4-2-16(24)31/h2-9,12-13H,10-11H2,1H3,(H,27,32)(H,29,34). The molecule has 14 nitrogen and oxygen atoms in total. The third-order valence-electron chi connectivity index (χ3n) is 4.23. The first-order valence-electron chi connectivity index (χ1n) is 10.6. The number of allylic oxidation sites excluding steroid dienone is 1. The number of nitrogens with zero attached hydrogens (tertiary/aromatic N) is 4. The number of amides is 2. The van der Waals surface area contributed by atoms with Crippen LogP contribution in [0, 0.1) is 0 Å². The van der Waals surface area contributed by atoms with Gasteiger partial charge in [0.2, 0.25) is 28.8 Å². The Morgan fingerprint density at radius 1 is 0.974 bits per heavy atom. The van der Waals surface area contributed by atoms with Crippen LogP contribution in [0.25, 0.3) is 17.5 Å². The van der Waals surface area contributed by atoms with E-state index in [1.807, 2.05) is 0 Å². The molecule has 2 N–H and O–H groups in total. The van der Waals surface area contributed by atoms with E-state index in [1.54, 1.807) is 6.07 Å². The summed E-state index contributed by atoms with van der Waals surface area (Å²) in [6, 6.07) is 5.94. The first kappa shape index (κ1) is 27.5. The first-order valence-corrected chi connectivity index (χ1v) is 11.0. The van der Waals surface area contributed by atoms with Crippen molar-refractivity contribution in [2.45, 2.75) is 0 Å². The topological polar surface area (TPSA) is 185 Å². The number of carbonyl (C=O) groups excluding carboxylic acids is 4. The van der Waals surface area contributed by atoms with E-state index in [0.717, 1.165) is 18.2 Å². The number of nitrogens with one attached hydrogen (secondary N) is 2. The van der Waals surface area contributed by atoms with Crippen LogP contribution >= 0.6 is 11.6 Å². The molecule has 0 saturated carbocycles. The van der Waals surface area contributed by atoms with Gasteiger partial charge < -0.3 is 18.6 Å². The zero-order valence-corrected chi connectivity index (χ0v) is 20.4. The number of halogens is 1. The van der Waals surface area contributed by atoms with Gasteiger partial charge in [-0.25, -0.2) is 14.8 Å². The molecule has 0 aliphatic carbocycles. The Morgan fingerprint density at radius 3 is 2.55 bits per heavy atom. The molecule has 0 aliphatic heterocycles. The highest BCUT2D eigenvalue weighted by Gasteiger charge is 2.10. The zero-order chi connectivity index (χ0) is 27.3. The molecule has 3 aromatic heterocycles.